The van der Waals surface area contributed by atoms with Gasteiger partial charge >= 0.3 is 0 Å². The molecule has 0 aliphatic carbocycles. The Balaban J connectivity index is 1.58. The van der Waals surface area contributed by atoms with Crippen molar-refractivity contribution in [2.45, 2.75) is 38.7 Å². The van der Waals surface area contributed by atoms with Gasteiger partial charge in [0.15, 0.2) is 11.6 Å². The molecule has 2 atom stereocenters. The maximum absolute atomic E-state index is 14.2. The van der Waals surface area contributed by atoms with Crippen LogP contribution in [0.25, 0.3) is 11.1 Å². The minimum atomic E-state index is -0.980. The normalized spacial score (nSPS) is 19.7. The van der Waals surface area contributed by atoms with Crippen molar-refractivity contribution in [1.29, 1.82) is 0 Å². The van der Waals surface area contributed by atoms with E-state index in [1.165, 1.54) is 38.5 Å². The fourth-order valence-corrected chi connectivity index (χ4v) is 3.46. The largest absolute Gasteiger partial charge is 0.494 e. The van der Waals surface area contributed by atoms with Crippen molar-refractivity contribution in [2.24, 2.45) is 5.92 Å². The van der Waals surface area contributed by atoms with Gasteiger partial charge < -0.3 is 14.2 Å². The van der Waals surface area contributed by atoms with Gasteiger partial charge in [-0.25, -0.2) is 4.39 Å². The molecule has 0 amide bonds. The molecule has 0 bridgehead atoms. The van der Waals surface area contributed by atoms with E-state index in [9.17, 15) is 8.78 Å². The van der Waals surface area contributed by atoms with E-state index in [1.807, 2.05) is 0 Å². The summed E-state index contributed by atoms with van der Waals surface area (Å²) >= 11 is 0. The van der Waals surface area contributed by atoms with Gasteiger partial charge in [-0.2, -0.15) is 4.39 Å². The Labute approximate surface area is 159 Å². The van der Waals surface area contributed by atoms with Gasteiger partial charge in [0.25, 0.3) is 0 Å². The van der Waals surface area contributed by atoms with Crippen LogP contribution in [0.1, 0.15) is 32.6 Å². The predicted octanol–water partition coefficient (Wildman–Crippen LogP) is 5.61. The summed E-state index contributed by atoms with van der Waals surface area (Å²) in [4.78, 5) is 0. The van der Waals surface area contributed by atoms with Crippen LogP contribution in [0.3, 0.4) is 0 Å². The predicted molar refractivity (Wildman–Crippen MR) is 101 cm³/mol. The summed E-state index contributed by atoms with van der Waals surface area (Å²) in [5.74, 6) is -0.644. The van der Waals surface area contributed by atoms with Crippen LogP contribution in [0, 0.1) is 17.6 Å². The quantitative estimate of drug-likeness (QED) is 0.628. The Kier molecular flexibility index (Phi) is 6.67. The summed E-state index contributed by atoms with van der Waals surface area (Å²) in [6.45, 7) is 3.51. The van der Waals surface area contributed by atoms with E-state index >= 15 is 0 Å². The highest BCUT2D eigenvalue weighted by Gasteiger charge is 2.21. The molecule has 3 rings (SSSR count). The lowest BCUT2D eigenvalue weighted by Crippen LogP contribution is -2.30. The smallest absolute Gasteiger partial charge is 0.201 e. The number of hydrogen-bond donors (Lipinski definition) is 0. The van der Waals surface area contributed by atoms with Crippen LogP contribution in [-0.4, -0.2) is 26.4 Å². The van der Waals surface area contributed by atoms with Crippen LogP contribution in [0.5, 0.6) is 11.5 Å². The zero-order valence-corrected chi connectivity index (χ0v) is 15.8. The van der Waals surface area contributed by atoms with Gasteiger partial charge in [-0.1, -0.05) is 25.5 Å². The van der Waals surface area contributed by atoms with E-state index < -0.39 is 11.6 Å². The van der Waals surface area contributed by atoms with E-state index in [0.717, 1.165) is 13.0 Å². The second-order valence-corrected chi connectivity index (χ2v) is 6.97. The summed E-state index contributed by atoms with van der Waals surface area (Å²) in [7, 11) is 1.31. The molecule has 1 aliphatic rings. The highest BCUT2D eigenvalue weighted by Crippen LogP contribution is 2.31. The van der Waals surface area contributed by atoms with Crippen molar-refractivity contribution < 1.29 is 23.0 Å². The van der Waals surface area contributed by atoms with Crippen LogP contribution in [0.15, 0.2) is 36.4 Å². The molecule has 0 radical (unpaired) electrons. The molecule has 0 saturated carbocycles. The lowest BCUT2D eigenvalue weighted by atomic mass is 9.95. The molecule has 1 aliphatic heterocycles. The molecule has 2 unspecified atom stereocenters. The minimum absolute atomic E-state index is 0.107. The SMILES string of the molecule is CCCC1CCC(COc2ccc(-c3ccc(OC)c(F)c3F)cc2)OC1. The van der Waals surface area contributed by atoms with Crippen LogP contribution in [-0.2, 0) is 4.74 Å². The second kappa shape index (κ2) is 9.18. The molecular weight excluding hydrogens is 350 g/mol. The third-order valence-corrected chi connectivity index (χ3v) is 5.03. The van der Waals surface area contributed by atoms with Crippen LogP contribution in [0.4, 0.5) is 8.78 Å². The number of hydrogen-bond acceptors (Lipinski definition) is 3. The highest BCUT2D eigenvalue weighted by atomic mass is 19.2. The topological polar surface area (TPSA) is 27.7 Å². The molecule has 5 heteroatoms. The van der Waals surface area contributed by atoms with Gasteiger partial charge in [-0.05, 0) is 55.0 Å². The van der Waals surface area contributed by atoms with Crippen molar-refractivity contribution in [3.8, 4) is 22.6 Å². The van der Waals surface area contributed by atoms with Crippen molar-refractivity contribution in [2.75, 3.05) is 20.3 Å². The van der Waals surface area contributed by atoms with E-state index in [4.69, 9.17) is 14.2 Å². The standard InChI is InChI=1S/C22H26F2O3/c1-3-4-15-5-8-18(26-13-15)14-27-17-9-6-16(7-10-17)19-11-12-20(25-2)22(24)21(19)23/h6-7,9-12,15,18H,3-5,8,13-14H2,1-2H3. The van der Waals surface area contributed by atoms with Crippen molar-refractivity contribution in [1.82, 2.24) is 0 Å². The van der Waals surface area contributed by atoms with Gasteiger partial charge in [0.1, 0.15) is 12.4 Å². The highest BCUT2D eigenvalue weighted by molar-refractivity contribution is 5.66. The molecule has 2 aromatic rings. The summed E-state index contributed by atoms with van der Waals surface area (Å²) < 4.78 is 44.6. The zero-order chi connectivity index (χ0) is 19.2. The summed E-state index contributed by atoms with van der Waals surface area (Å²) in [6, 6.07) is 9.90. The fraction of sp³-hybridized carbons (Fsp3) is 0.455. The van der Waals surface area contributed by atoms with Crippen LogP contribution >= 0.6 is 0 Å². The average molecular weight is 376 g/mol. The number of halogens is 2. The summed E-state index contributed by atoms with van der Waals surface area (Å²) in [6.07, 6.45) is 4.73. The van der Waals surface area contributed by atoms with Crippen molar-refractivity contribution >= 4 is 0 Å². The lowest BCUT2D eigenvalue weighted by Gasteiger charge is -2.28. The second-order valence-electron chi connectivity index (χ2n) is 6.97. The van der Waals surface area contributed by atoms with Crippen molar-refractivity contribution in [3.05, 3.63) is 48.0 Å². The van der Waals surface area contributed by atoms with Gasteiger partial charge in [0.05, 0.1) is 13.2 Å². The maximum Gasteiger partial charge on any atom is 0.201 e. The lowest BCUT2D eigenvalue weighted by molar-refractivity contribution is -0.0391. The molecule has 146 valence electrons. The Morgan fingerprint density at radius 2 is 1.81 bits per heavy atom. The molecule has 2 aromatic carbocycles. The fourth-order valence-electron chi connectivity index (χ4n) is 3.46. The first-order chi connectivity index (χ1) is 13.1. The van der Waals surface area contributed by atoms with Gasteiger partial charge in [0, 0.05) is 12.2 Å². The van der Waals surface area contributed by atoms with E-state index in [-0.39, 0.29) is 17.4 Å². The molecule has 3 nitrogen and oxygen atoms in total. The molecule has 1 saturated heterocycles. The molecule has 1 heterocycles. The Morgan fingerprint density at radius 3 is 2.44 bits per heavy atom. The minimum Gasteiger partial charge on any atom is -0.494 e. The monoisotopic (exact) mass is 376 g/mol. The average Bonchev–Trinajstić information content (AvgIpc) is 2.70. The molecular formula is C22H26F2O3. The third-order valence-electron chi connectivity index (χ3n) is 5.03. The Bertz CT molecular complexity index is 738. The first kappa shape index (κ1) is 19.6. The Morgan fingerprint density at radius 1 is 1.04 bits per heavy atom. The Hall–Kier alpha value is -2.14. The van der Waals surface area contributed by atoms with Gasteiger partial charge in [-0.3, -0.25) is 0 Å². The number of methoxy groups -OCH3 is 1. The van der Waals surface area contributed by atoms with E-state index in [2.05, 4.69) is 6.92 Å². The van der Waals surface area contributed by atoms with Crippen LogP contribution in [0.2, 0.25) is 0 Å². The maximum atomic E-state index is 14.2. The number of ether oxygens (including phenoxy) is 3. The molecule has 1 fully saturated rings. The zero-order valence-electron chi connectivity index (χ0n) is 15.8. The first-order valence-corrected chi connectivity index (χ1v) is 9.49. The first-order valence-electron chi connectivity index (χ1n) is 9.49. The van der Waals surface area contributed by atoms with Crippen LogP contribution < -0.4 is 9.47 Å². The van der Waals surface area contributed by atoms with E-state index in [1.54, 1.807) is 24.3 Å². The van der Waals surface area contributed by atoms with Crippen molar-refractivity contribution in [3.63, 3.8) is 0 Å². The summed E-state index contributed by atoms with van der Waals surface area (Å²) in [5.41, 5.74) is 0.773. The molecule has 0 N–H and O–H groups in total. The van der Waals surface area contributed by atoms with E-state index in [0.29, 0.717) is 23.8 Å². The third kappa shape index (κ3) is 4.78. The van der Waals surface area contributed by atoms with Gasteiger partial charge in [0.2, 0.25) is 5.82 Å². The van der Waals surface area contributed by atoms with Gasteiger partial charge in [-0.15, -0.1) is 0 Å². The number of benzene rings is 2. The number of rotatable bonds is 7. The summed E-state index contributed by atoms with van der Waals surface area (Å²) in [5, 5.41) is 0. The molecule has 0 aromatic heterocycles. The molecule has 0 spiro atoms. The molecule has 27 heavy (non-hydrogen) atoms.